The third-order valence-corrected chi connectivity index (χ3v) is 3.07. The van der Waals surface area contributed by atoms with Crippen molar-refractivity contribution < 1.29 is 9.90 Å². The normalized spacial score (nSPS) is 10.7. The fraction of sp³-hybridized carbons (Fsp3) is 0.533. The number of para-hydroxylation sites is 1. The molecule has 0 fully saturated rings. The van der Waals surface area contributed by atoms with E-state index in [0.29, 0.717) is 11.6 Å². The number of carbonyl (C=O) groups is 1. The van der Waals surface area contributed by atoms with Gasteiger partial charge >= 0.3 is 5.97 Å². The van der Waals surface area contributed by atoms with Crippen molar-refractivity contribution in [2.75, 3.05) is 11.4 Å². The van der Waals surface area contributed by atoms with Crippen LogP contribution in [0.3, 0.4) is 0 Å². The maximum absolute atomic E-state index is 11.3. The summed E-state index contributed by atoms with van der Waals surface area (Å²) in [4.78, 5) is 13.4. The van der Waals surface area contributed by atoms with Gasteiger partial charge in [0.25, 0.3) is 0 Å². The molecule has 1 rings (SSSR count). The molecule has 18 heavy (non-hydrogen) atoms. The van der Waals surface area contributed by atoms with Crippen LogP contribution in [0.2, 0.25) is 0 Å². The molecule has 0 atom stereocenters. The molecule has 0 aliphatic heterocycles. The Morgan fingerprint density at radius 2 is 1.94 bits per heavy atom. The van der Waals surface area contributed by atoms with Gasteiger partial charge in [-0.2, -0.15) is 0 Å². The Morgan fingerprint density at radius 3 is 2.50 bits per heavy atom. The van der Waals surface area contributed by atoms with Crippen LogP contribution in [0.25, 0.3) is 0 Å². The van der Waals surface area contributed by atoms with Gasteiger partial charge in [-0.1, -0.05) is 31.9 Å². The quantitative estimate of drug-likeness (QED) is 0.747. The Hall–Kier alpha value is -1.51. The summed E-state index contributed by atoms with van der Waals surface area (Å²) in [7, 11) is 0. The standard InChI is InChI=1S/C15H23NO2/c1-4-5-8-11-16(12(2)3)14-10-7-6-9-13(14)15(17)18/h6-7,9-10,12H,4-5,8,11H2,1-3H3,(H,17,18). The van der Waals surface area contributed by atoms with Gasteiger partial charge in [0.05, 0.1) is 11.3 Å². The van der Waals surface area contributed by atoms with Crippen LogP contribution in [-0.2, 0) is 0 Å². The number of aromatic carboxylic acids is 1. The third-order valence-electron chi connectivity index (χ3n) is 3.07. The van der Waals surface area contributed by atoms with E-state index in [9.17, 15) is 9.90 Å². The molecular formula is C15H23NO2. The number of unbranched alkanes of at least 4 members (excludes halogenated alkanes) is 2. The zero-order valence-corrected chi connectivity index (χ0v) is 11.5. The predicted molar refractivity (Wildman–Crippen MR) is 75.4 cm³/mol. The first-order chi connectivity index (χ1) is 8.57. The van der Waals surface area contributed by atoms with E-state index in [4.69, 9.17) is 0 Å². The van der Waals surface area contributed by atoms with Gasteiger partial charge in [0.1, 0.15) is 0 Å². The van der Waals surface area contributed by atoms with Crippen LogP contribution in [-0.4, -0.2) is 23.7 Å². The first-order valence-corrected chi connectivity index (χ1v) is 6.66. The SMILES string of the molecule is CCCCCN(c1ccccc1C(=O)O)C(C)C. The second-order valence-electron chi connectivity index (χ2n) is 4.82. The molecular weight excluding hydrogens is 226 g/mol. The summed E-state index contributed by atoms with van der Waals surface area (Å²) in [6.07, 6.45) is 3.45. The summed E-state index contributed by atoms with van der Waals surface area (Å²) in [5, 5.41) is 9.24. The lowest BCUT2D eigenvalue weighted by molar-refractivity contribution is 0.0697. The van der Waals surface area contributed by atoms with Crippen molar-refractivity contribution in [2.45, 2.75) is 46.1 Å². The summed E-state index contributed by atoms with van der Waals surface area (Å²) in [5.41, 5.74) is 1.22. The average molecular weight is 249 g/mol. The minimum absolute atomic E-state index is 0.308. The maximum Gasteiger partial charge on any atom is 0.337 e. The number of rotatable bonds is 7. The number of hydrogen-bond acceptors (Lipinski definition) is 2. The fourth-order valence-corrected chi connectivity index (χ4v) is 2.09. The van der Waals surface area contributed by atoms with Crippen LogP contribution in [0.1, 0.15) is 50.4 Å². The van der Waals surface area contributed by atoms with E-state index >= 15 is 0 Å². The van der Waals surface area contributed by atoms with E-state index in [1.54, 1.807) is 12.1 Å². The van der Waals surface area contributed by atoms with Crippen molar-refractivity contribution >= 4 is 11.7 Å². The van der Waals surface area contributed by atoms with Crippen molar-refractivity contribution in [2.24, 2.45) is 0 Å². The highest BCUT2D eigenvalue weighted by Gasteiger charge is 2.17. The first-order valence-electron chi connectivity index (χ1n) is 6.66. The van der Waals surface area contributed by atoms with Crippen LogP contribution in [0.4, 0.5) is 5.69 Å². The van der Waals surface area contributed by atoms with Gasteiger partial charge < -0.3 is 10.0 Å². The molecule has 1 aromatic rings. The Morgan fingerprint density at radius 1 is 1.28 bits per heavy atom. The number of carboxylic acid groups (broad SMARTS) is 1. The number of hydrogen-bond donors (Lipinski definition) is 1. The zero-order chi connectivity index (χ0) is 13.5. The van der Waals surface area contributed by atoms with E-state index in [0.717, 1.165) is 18.7 Å². The number of carboxylic acids is 1. The Labute approximate surface area is 109 Å². The Kier molecular flexibility index (Phi) is 5.69. The number of nitrogens with zero attached hydrogens (tertiary/aromatic N) is 1. The maximum atomic E-state index is 11.3. The molecule has 3 heteroatoms. The highest BCUT2D eigenvalue weighted by Crippen LogP contribution is 2.23. The molecule has 0 saturated carbocycles. The van der Waals surface area contributed by atoms with E-state index in [1.165, 1.54) is 12.8 Å². The summed E-state index contributed by atoms with van der Waals surface area (Å²) in [5.74, 6) is -0.855. The summed E-state index contributed by atoms with van der Waals surface area (Å²) in [6, 6.07) is 7.55. The monoisotopic (exact) mass is 249 g/mol. The summed E-state index contributed by atoms with van der Waals surface area (Å²) in [6.45, 7) is 7.29. The molecule has 0 aromatic heterocycles. The molecule has 0 unspecified atom stereocenters. The van der Waals surface area contributed by atoms with E-state index in [2.05, 4.69) is 25.7 Å². The highest BCUT2D eigenvalue weighted by molar-refractivity contribution is 5.94. The second kappa shape index (κ2) is 7.04. The number of anilines is 1. The fourth-order valence-electron chi connectivity index (χ4n) is 2.09. The molecule has 0 heterocycles. The van der Waals surface area contributed by atoms with E-state index in [1.807, 2.05) is 12.1 Å². The molecule has 0 saturated heterocycles. The van der Waals surface area contributed by atoms with Gasteiger partial charge in [-0.3, -0.25) is 0 Å². The van der Waals surface area contributed by atoms with Crippen LogP contribution in [0, 0.1) is 0 Å². The summed E-state index contributed by atoms with van der Waals surface area (Å²) < 4.78 is 0. The van der Waals surface area contributed by atoms with Crippen molar-refractivity contribution in [3.63, 3.8) is 0 Å². The molecule has 100 valence electrons. The van der Waals surface area contributed by atoms with Crippen LogP contribution < -0.4 is 4.90 Å². The molecule has 0 aliphatic rings. The van der Waals surface area contributed by atoms with Gasteiger partial charge in [-0.15, -0.1) is 0 Å². The van der Waals surface area contributed by atoms with Gasteiger partial charge in [0.2, 0.25) is 0 Å². The second-order valence-corrected chi connectivity index (χ2v) is 4.82. The van der Waals surface area contributed by atoms with Gasteiger partial charge in [-0.25, -0.2) is 4.79 Å². The molecule has 0 bridgehead atoms. The topological polar surface area (TPSA) is 40.5 Å². The minimum atomic E-state index is -0.855. The largest absolute Gasteiger partial charge is 0.478 e. The van der Waals surface area contributed by atoms with Gasteiger partial charge in [0, 0.05) is 12.6 Å². The first kappa shape index (κ1) is 14.6. The average Bonchev–Trinajstić information content (AvgIpc) is 2.34. The van der Waals surface area contributed by atoms with E-state index in [-0.39, 0.29) is 0 Å². The van der Waals surface area contributed by atoms with Crippen molar-refractivity contribution in [1.29, 1.82) is 0 Å². The van der Waals surface area contributed by atoms with Gasteiger partial charge in [0.15, 0.2) is 0 Å². The summed E-state index contributed by atoms with van der Waals surface area (Å²) >= 11 is 0. The van der Waals surface area contributed by atoms with Gasteiger partial charge in [-0.05, 0) is 32.4 Å². The Balaban J connectivity index is 2.94. The lowest BCUT2D eigenvalue weighted by Gasteiger charge is -2.30. The molecule has 0 spiro atoms. The van der Waals surface area contributed by atoms with Crippen LogP contribution in [0.5, 0.6) is 0 Å². The molecule has 3 nitrogen and oxygen atoms in total. The van der Waals surface area contributed by atoms with Crippen LogP contribution >= 0.6 is 0 Å². The van der Waals surface area contributed by atoms with Crippen molar-refractivity contribution in [1.82, 2.24) is 0 Å². The van der Waals surface area contributed by atoms with Crippen molar-refractivity contribution in [3.8, 4) is 0 Å². The highest BCUT2D eigenvalue weighted by atomic mass is 16.4. The predicted octanol–water partition coefficient (Wildman–Crippen LogP) is 3.79. The molecule has 1 aromatic carbocycles. The minimum Gasteiger partial charge on any atom is -0.478 e. The smallest absolute Gasteiger partial charge is 0.337 e. The molecule has 0 amide bonds. The number of benzene rings is 1. The molecule has 1 N–H and O–H groups in total. The molecule has 0 radical (unpaired) electrons. The zero-order valence-electron chi connectivity index (χ0n) is 11.5. The van der Waals surface area contributed by atoms with Crippen molar-refractivity contribution in [3.05, 3.63) is 29.8 Å². The van der Waals surface area contributed by atoms with Crippen LogP contribution in [0.15, 0.2) is 24.3 Å². The lowest BCUT2D eigenvalue weighted by Crippen LogP contribution is -2.33. The molecule has 0 aliphatic carbocycles. The lowest BCUT2D eigenvalue weighted by atomic mass is 10.1. The Bertz CT molecular complexity index is 388. The third kappa shape index (κ3) is 3.76. The van der Waals surface area contributed by atoms with E-state index < -0.39 is 5.97 Å².